The summed E-state index contributed by atoms with van der Waals surface area (Å²) in [5, 5.41) is 3.34. The number of hydrogen-bond acceptors (Lipinski definition) is 4. The van der Waals surface area contributed by atoms with Crippen molar-refractivity contribution in [3.63, 3.8) is 0 Å². The fourth-order valence-corrected chi connectivity index (χ4v) is 3.30. The molecule has 1 aromatic heterocycles. The summed E-state index contributed by atoms with van der Waals surface area (Å²) in [4.78, 5) is 23.1. The van der Waals surface area contributed by atoms with Gasteiger partial charge in [0, 0.05) is 31.2 Å². The van der Waals surface area contributed by atoms with Crippen molar-refractivity contribution in [3.05, 3.63) is 47.3 Å². The molecule has 1 aliphatic heterocycles. The van der Waals surface area contributed by atoms with Gasteiger partial charge in [-0.1, -0.05) is 32.0 Å². The molecule has 3 rings (SSSR count). The van der Waals surface area contributed by atoms with Crippen LogP contribution in [0.1, 0.15) is 54.6 Å². The SMILES string of the molecule is CCc1cccc(CC)c1Nc1ncc(C(=O)N2CCCCC2)cn1. The molecular formula is C20H26N4O. The van der Waals surface area contributed by atoms with Gasteiger partial charge in [0.2, 0.25) is 5.95 Å². The van der Waals surface area contributed by atoms with Crippen molar-refractivity contribution in [3.8, 4) is 0 Å². The number of hydrogen-bond donors (Lipinski definition) is 1. The zero-order valence-corrected chi connectivity index (χ0v) is 15.1. The summed E-state index contributed by atoms with van der Waals surface area (Å²) in [6.45, 7) is 5.95. The van der Waals surface area contributed by atoms with Crippen LogP contribution in [0.25, 0.3) is 0 Å². The summed E-state index contributed by atoms with van der Waals surface area (Å²) in [5.41, 5.74) is 4.14. The van der Waals surface area contributed by atoms with Gasteiger partial charge >= 0.3 is 0 Å². The predicted octanol–water partition coefficient (Wildman–Crippen LogP) is 3.97. The number of anilines is 2. The van der Waals surface area contributed by atoms with Crippen molar-refractivity contribution in [2.24, 2.45) is 0 Å². The van der Waals surface area contributed by atoms with Gasteiger partial charge in [0.1, 0.15) is 0 Å². The number of benzene rings is 1. The highest BCUT2D eigenvalue weighted by atomic mass is 16.2. The largest absolute Gasteiger partial charge is 0.339 e. The molecule has 0 bridgehead atoms. The third-order valence-electron chi connectivity index (χ3n) is 4.78. The lowest BCUT2D eigenvalue weighted by molar-refractivity contribution is 0.0723. The second-order valence-corrected chi connectivity index (χ2v) is 6.43. The monoisotopic (exact) mass is 338 g/mol. The first-order valence-corrected chi connectivity index (χ1v) is 9.22. The number of amides is 1. The van der Waals surface area contributed by atoms with Crippen LogP contribution in [0.4, 0.5) is 11.6 Å². The van der Waals surface area contributed by atoms with E-state index in [1.54, 1.807) is 12.4 Å². The molecule has 0 atom stereocenters. The fraction of sp³-hybridized carbons (Fsp3) is 0.450. The third-order valence-corrected chi connectivity index (χ3v) is 4.78. The summed E-state index contributed by atoms with van der Waals surface area (Å²) in [6, 6.07) is 6.33. The minimum atomic E-state index is 0.0365. The van der Waals surface area contributed by atoms with Crippen LogP contribution in [0.2, 0.25) is 0 Å². The molecule has 1 N–H and O–H groups in total. The summed E-state index contributed by atoms with van der Waals surface area (Å²) in [7, 11) is 0. The molecule has 132 valence electrons. The molecule has 25 heavy (non-hydrogen) atoms. The van der Waals surface area contributed by atoms with E-state index in [2.05, 4.69) is 47.3 Å². The highest BCUT2D eigenvalue weighted by Gasteiger charge is 2.19. The van der Waals surface area contributed by atoms with Gasteiger partial charge in [-0.3, -0.25) is 4.79 Å². The number of carbonyl (C=O) groups excluding carboxylic acids is 1. The van der Waals surface area contributed by atoms with Crippen LogP contribution >= 0.6 is 0 Å². The smallest absolute Gasteiger partial charge is 0.256 e. The number of carbonyl (C=O) groups is 1. The Bertz CT molecular complexity index is 699. The van der Waals surface area contributed by atoms with Gasteiger partial charge in [0.25, 0.3) is 5.91 Å². The molecule has 0 aliphatic carbocycles. The van der Waals surface area contributed by atoms with Gasteiger partial charge in [-0.15, -0.1) is 0 Å². The van der Waals surface area contributed by atoms with Gasteiger partial charge in [-0.25, -0.2) is 9.97 Å². The van der Waals surface area contributed by atoms with E-state index in [4.69, 9.17) is 0 Å². The van der Waals surface area contributed by atoms with Crippen LogP contribution in [0.3, 0.4) is 0 Å². The van der Waals surface area contributed by atoms with Gasteiger partial charge in [0.05, 0.1) is 5.56 Å². The van der Waals surface area contributed by atoms with Crippen molar-refractivity contribution < 1.29 is 4.79 Å². The second-order valence-electron chi connectivity index (χ2n) is 6.43. The quantitative estimate of drug-likeness (QED) is 0.896. The first kappa shape index (κ1) is 17.4. The maximum absolute atomic E-state index is 12.5. The van der Waals surface area contributed by atoms with Crippen LogP contribution < -0.4 is 5.32 Å². The van der Waals surface area contributed by atoms with Crippen LogP contribution in [-0.4, -0.2) is 33.9 Å². The van der Waals surface area contributed by atoms with E-state index in [0.29, 0.717) is 11.5 Å². The van der Waals surface area contributed by atoms with Crippen LogP contribution in [0.15, 0.2) is 30.6 Å². The van der Waals surface area contributed by atoms with E-state index in [-0.39, 0.29) is 5.91 Å². The maximum Gasteiger partial charge on any atom is 0.256 e. The molecule has 1 saturated heterocycles. The Kier molecular flexibility index (Phi) is 5.64. The van der Waals surface area contributed by atoms with Crippen molar-refractivity contribution in [2.45, 2.75) is 46.0 Å². The molecule has 0 radical (unpaired) electrons. The highest BCUT2D eigenvalue weighted by Crippen LogP contribution is 2.25. The van der Waals surface area contributed by atoms with E-state index in [1.165, 1.54) is 17.5 Å². The standard InChI is InChI=1S/C20H26N4O/c1-3-15-9-8-10-16(4-2)18(15)23-20-21-13-17(14-22-20)19(25)24-11-6-5-7-12-24/h8-10,13-14H,3-7,11-12H2,1-2H3,(H,21,22,23). The molecule has 2 aromatic rings. The molecule has 5 heteroatoms. The Hall–Kier alpha value is -2.43. The van der Waals surface area contributed by atoms with Crippen molar-refractivity contribution in [2.75, 3.05) is 18.4 Å². The van der Waals surface area contributed by atoms with E-state index >= 15 is 0 Å². The lowest BCUT2D eigenvalue weighted by Gasteiger charge is -2.26. The normalized spacial score (nSPS) is 14.4. The molecule has 1 aromatic carbocycles. The highest BCUT2D eigenvalue weighted by molar-refractivity contribution is 5.93. The molecule has 5 nitrogen and oxygen atoms in total. The number of rotatable bonds is 5. The first-order chi connectivity index (χ1) is 12.2. The van der Waals surface area contributed by atoms with E-state index in [1.807, 2.05) is 4.90 Å². The van der Waals surface area contributed by atoms with Gasteiger partial charge in [-0.05, 0) is 43.2 Å². The number of aryl methyl sites for hydroxylation is 2. The summed E-state index contributed by atoms with van der Waals surface area (Å²) in [6.07, 6.45) is 8.53. The Labute approximate surface area is 149 Å². The Balaban J connectivity index is 1.76. The molecule has 0 saturated carbocycles. The molecule has 1 aliphatic rings. The Morgan fingerprint density at radius 2 is 1.64 bits per heavy atom. The van der Waals surface area contributed by atoms with Crippen LogP contribution in [-0.2, 0) is 12.8 Å². The van der Waals surface area contributed by atoms with Crippen LogP contribution in [0.5, 0.6) is 0 Å². The zero-order valence-electron chi connectivity index (χ0n) is 15.1. The van der Waals surface area contributed by atoms with Gasteiger partial charge < -0.3 is 10.2 Å². The first-order valence-electron chi connectivity index (χ1n) is 9.22. The summed E-state index contributed by atoms with van der Waals surface area (Å²) in [5.74, 6) is 0.570. The predicted molar refractivity (Wildman–Crippen MR) is 100 cm³/mol. The molecule has 1 fully saturated rings. The van der Waals surface area contributed by atoms with Crippen molar-refractivity contribution in [1.29, 1.82) is 0 Å². The summed E-state index contributed by atoms with van der Waals surface area (Å²) >= 11 is 0. The fourth-order valence-electron chi connectivity index (χ4n) is 3.30. The number of aromatic nitrogens is 2. The lowest BCUT2D eigenvalue weighted by atomic mass is 10.0. The van der Waals surface area contributed by atoms with E-state index in [0.717, 1.165) is 44.5 Å². The molecule has 2 heterocycles. The number of nitrogens with zero attached hydrogens (tertiary/aromatic N) is 3. The number of piperidine rings is 1. The minimum absolute atomic E-state index is 0.0365. The third kappa shape index (κ3) is 3.98. The van der Waals surface area contributed by atoms with Gasteiger partial charge in [0.15, 0.2) is 0 Å². The van der Waals surface area contributed by atoms with Crippen molar-refractivity contribution in [1.82, 2.24) is 14.9 Å². The molecule has 0 unspecified atom stereocenters. The van der Waals surface area contributed by atoms with E-state index < -0.39 is 0 Å². The second kappa shape index (κ2) is 8.10. The average Bonchev–Trinajstić information content (AvgIpc) is 2.69. The minimum Gasteiger partial charge on any atom is -0.339 e. The Morgan fingerprint density at radius 3 is 2.20 bits per heavy atom. The molecule has 1 amide bonds. The molecular weight excluding hydrogens is 312 g/mol. The van der Waals surface area contributed by atoms with Crippen molar-refractivity contribution >= 4 is 17.5 Å². The maximum atomic E-state index is 12.5. The number of likely N-dealkylation sites (tertiary alicyclic amines) is 1. The number of para-hydroxylation sites is 1. The Morgan fingerprint density at radius 1 is 1.04 bits per heavy atom. The lowest BCUT2D eigenvalue weighted by Crippen LogP contribution is -2.35. The zero-order chi connectivity index (χ0) is 17.6. The topological polar surface area (TPSA) is 58.1 Å². The number of nitrogens with one attached hydrogen (secondary N) is 1. The summed E-state index contributed by atoms with van der Waals surface area (Å²) < 4.78 is 0. The van der Waals surface area contributed by atoms with Crippen LogP contribution in [0, 0.1) is 0 Å². The van der Waals surface area contributed by atoms with E-state index in [9.17, 15) is 4.79 Å². The average molecular weight is 338 g/mol. The molecule has 0 spiro atoms. The van der Waals surface area contributed by atoms with Gasteiger partial charge in [-0.2, -0.15) is 0 Å².